The Bertz CT molecular complexity index is 969. The number of nitrogens with zero attached hydrogens (tertiary/aromatic N) is 2. The van der Waals surface area contributed by atoms with E-state index in [1.54, 1.807) is 0 Å². The molecule has 2 N–H and O–H groups in total. The Morgan fingerprint density at radius 2 is 1.97 bits per heavy atom. The number of thiocarbonyl (C=S) groups is 1. The van der Waals surface area contributed by atoms with Gasteiger partial charge in [0.1, 0.15) is 5.82 Å². The van der Waals surface area contributed by atoms with Crippen LogP contribution in [0.3, 0.4) is 0 Å². The summed E-state index contributed by atoms with van der Waals surface area (Å²) in [6.07, 6.45) is 0. The number of hydrogen-bond acceptors (Lipinski definition) is 6. The van der Waals surface area contributed by atoms with E-state index in [1.165, 1.54) is 30.3 Å². The van der Waals surface area contributed by atoms with Crippen molar-refractivity contribution in [2.24, 2.45) is 0 Å². The molecule has 11 heteroatoms. The molecule has 0 aliphatic carbocycles. The summed E-state index contributed by atoms with van der Waals surface area (Å²) in [6.45, 7) is 2.08. The maximum Gasteiger partial charge on any atom is 0.270 e. The third-order valence-corrected chi connectivity index (χ3v) is 4.69. The van der Waals surface area contributed by atoms with E-state index >= 15 is 0 Å². The SMILES string of the molecule is O=C(NC(=S)Nc1ccc(F)c(Cl)c1)c1cc([N+](=O)[O-])ccc1N1CCOCC1. The highest BCUT2D eigenvalue weighted by atomic mass is 35.5. The molecule has 0 atom stereocenters. The Labute approximate surface area is 175 Å². The number of halogens is 2. The van der Waals surface area contributed by atoms with E-state index in [4.69, 9.17) is 28.6 Å². The maximum absolute atomic E-state index is 13.3. The molecular weight excluding hydrogens is 423 g/mol. The molecule has 1 fully saturated rings. The van der Waals surface area contributed by atoms with E-state index in [9.17, 15) is 19.3 Å². The fraction of sp³-hybridized carbons (Fsp3) is 0.222. The van der Waals surface area contributed by atoms with Crippen LogP contribution in [0.4, 0.5) is 21.5 Å². The quantitative estimate of drug-likeness (QED) is 0.429. The molecule has 8 nitrogen and oxygen atoms in total. The van der Waals surface area contributed by atoms with Crippen molar-refractivity contribution in [3.05, 3.63) is 62.9 Å². The van der Waals surface area contributed by atoms with Crippen molar-refractivity contribution in [3.63, 3.8) is 0 Å². The van der Waals surface area contributed by atoms with Gasteiger partial charge >= 0.3 is 0 Å². The highest BCUT2D eigenvalue weighted by Gasteiger charge is 2.22. The summed E-state index contributed by atoms with van der Waals surface area (Å²) in [5.74, 6) is -1.19. The summed E-state index contributed by atoms with van der Waals surface area (Å²) in [6, 6.07) is 7.98. The molecule has 0 unspecified atom stereocenters. The fourth-order valence-electron chi connectivity index (χ4n) is 2.81. The first-order valence-corrected chi connectivity index (χ1v) is 9.32. The van der Waals surface area contributed by atoms with E-state index in [-0.39, 0.29) is 21.4 Å². The van der Waals surface area contributed by atoms with Gasteiger partial charge in [-0.05, 0) is 36.5 Å². The number of carbonyl (C=O) groups is 1. The number of rotatable bonds is 4. The number of non-ortho nitro benzene ring substituents is 1. The van der Waals surface area contributed by atoms with Crippen LogP contribution in [0, 0.1) is 15.9 Å². The number of nitro groups is 1. The number of amides is 1. The lowest BCUT2D eigenvalue weighted by Crippen LogP contribution is -2.39. The lowest BCUT2D eigenvalue weighted by atomic mass is 10.1. The lowest BCUT2D eigenvalue weighted by Gasteiger charge is -2.30. The van der Waals surface area contributed by atoms with Crippen LogP contribution in [0.2, 0.25) is 5.02 Å². The van der Waals surface area contributed by atoms with Crippen molar-refractivity contribution in [1.29, 1.82) is 0 Å². The van der Waals surface area contributed by atoms with Crippen molar-refractivity contribution in [2.75, 3.05) is 36.5 Å². The van der Waals surface area contributed by atoms with E-state index < -0.39 is 16.6 Å². The van der Waals surface area contributed by atoms with Crippen molar-refractivity contribution < 1.29 is 18.8 Å². The average molecular weight is 439 g/mol. The molecule has 1 aliphatic heterocycles. The zero-order valence-electron chi connectivity index (χ0n) is 15.0. The van der Waals surface area contributed by atoms with Crippen molar-refractivity contribution in [1.82, 2.24) is 5.32 Å². The van der Waals surface area contributed by atoms with Crippen molar-refractivity contribution >= 4 is 51.9 Å². The fourth-order valence-corrected chi connectivity index (χ4v) is 3.20. The monoisotopic (exact) mass is 438 g/mol. The van der Waals surface area contributed by atoms with Gasteiger partial charge in [0.25, 0.3) is 11.6 Å². The Hall–Kier alpha value is -2.82. The third-order valence-electron chi connectivity index (χ3n) is 4.19. The smallest absolute Gasteiger partial charge is 0.270 e. The first-order chi connectivity index (χ1) is 13.8. The van der Waals surface area contributed by atoms with Gasteiger partial charge in [-0.2, -0.15) is 0 Å². The predicted molar refractivity (Wildman–Crippen MR) is 111 cm³/mol. The van der Waals surface area contributed by atoms with E-state index in [0.717, 1.165) is 6.07 Å². The number of ether oxygens (including phenoxy) is 1. The van der Waals surface area contributed by atoms with Gasteiger partial charge in [0.15, 0.2) is 5.11 Å². The van der Waals surface area contributed by atoms with Gasteiger partial charge < -0.3 is 15.0 Å². The van der Waals surface area contributed by atoms with Crippen molar-refractivity contribution in [2.45, 2.75) is 0 Å². The Morgan fingerprint density at radius 3 is 2.62 bits per heavy atom. The van der Waals surface area contributed by atoms with Gasteiger partial charge in [0.2, 0.25) is 0 Å². The van der Waals surface area contributed by atoms with Gasteiger partial charge in [-0.15, -0.1) is 0 Å². The van der Waals surface area contributed by atoms with Gasteiger partial charge in [-0.25, -0.2) is 4.39 Å². The molecule has 0 spiro atoms. The summed E-state index contributed by atoms with van der Waals surface area (Å²) in [5, 5.41) is 16.2. The molecule has 29 heavy (non-hydrogen) atoms. The van der Waals surface area contributed by atoms with Crippen LogP contribution in [0.5, 0.6) is 0 Å². The average Bonchev–Trinajstić information content (AvgIpc) is 2.70. The third kappa shape index (κ3) is 5.17. The zero-order valence-corrected chi connectivity index (χ0v) is 16.6. The Morgan fingerprint density at radius 1 is 1.24 bits per heavy atom. The normalized spacial score (nSPS) is 13.7. The van der Waals surface area contributed by atoms with Crippen LogP contribution >= 0.6 is 23.8 Å². The predicted octanol–water partition coefficient (Wildman–Crippen LogP) is 3.35. The molecule has 2 aromatic carbocycles. The Kier molecular flexibility index (Phi) is 6.57. The molecular formula is C18H16ClFN4O4S. The minimum atomic E-state index is -0.610. The standard InChI is InChI=1S/C18H16ClFN4O4S/c19-14-9-11(1-3-15(14)20)21-18(29)22-17(25)13-10-12(24(26)27)2-4-16(13)23-5-7-28-8-6-23/h1-4,9-10H,5-8H2,(H2,21,22,25,29). The van der Waals surface area contributed by atoms with Crippen LogP contribution < -0.4 is 15.5 Å². The number of anilines is 2. The highest BCUT2D eigenvalue weighted by Crippen LogP contribution is 2.26. The van der Waals surface area contributed by atoms with Crippen LogP contribution in [0.25, 0.3) is 0 Å². The molecule has 3 rings (SSSR count). The molecule has 152 valence electrons. The van der Waals surface area contributed by atoms with Crippen LogP contribution in [-0.2, 0) is 4.74 Å². The molecule has 2 aromatic rings. The summed E-state index contributed by atoms with van der Waals surface area (Å²) in [5.41, 5.74) is 0.830. The second-order valence-electron chi connectivity index (χ2n) is 6.10. The molecule has 0 aromatic heterocycles. The zero-order chi connectivity index (χ0) is 21.0. The van der Waals surface area contributed by atoms with E-state index in [2.05, 4.69) is 10.6 Å². The van der Waals surface area contributed by atoms with Crippen LogP contribution in [-0.4, -0.2) is 42.2 Å². The van der Waals surface area contributed by atoms with Gasteiger partial charge in [-0.3, -0.25) is 20.2 Å². The van der Waals surface area contributed by atoms with E-state index in [1.807, 2.05) is 4.90 Å². The molecule has 0 saturated carbocycles. The van der Waals surface area contributed by atoms with Gasteiger partial charge in [0, 0.05) is 30.9 Å². The number of hydrogen-bond donors (Lipinski definition) is 2. The Balaban J connectivity index is 1.80. The minimum Gasteiger partial charge on any atom is -0.378 e. The number of nitrogens with one attached hydrogen (secondary N) is 2. The minimum absolute atomic E-state index is 0.0582. The number of carbonyl (C=O) groups excluding carboxylic acids is 1. The van der Waals surface area contributed by atoms with Gasteiger partial charge in [-0.1, -0.05) is 11.6 Å². The maximum atomic E-state index is 13.3. The molecule has 1 heterocycles. The first kappa shape index (κ1) is 20.9. The molecule has 1 aliphatic rings. The second-order valence-corrected chi connectivity index (χ2v) is 6.91. The number of nitro benzene ring substituents is 1. The summed E-state index contributed by atoms with van der Waals surface area (Å²) in [4.78, 5) is 25.3. The summed E-state index contributed by atoms with van der Waals surface area (Å²) >= 11 is 10.9. The highest BCUT2D eigenvalue weighted by molar-refractivity contribution is 7.80. The molecule has 0 bridgehead atoms. The lowest BCUT2D eigenvalue weighted by molar-refractivity contribution is -0.384. The number of benzene rings is 2. The van der Waals surface area contributed by atoms with Crippen molar-refractivity contribution in [3.8, 4) is 0 Å². The molecule has 0 radical (unpaired) electrons. The van der Waals surface area contributed by atoms with Crippen LogP contribution in [0.15, 0.2) is 36.4 Å². The van der Waals surface area contributed by atoms with E-state index in [0.29, 0.717) is 37.7 Å². The molecule has 1 amide bonds. The second kappa shape index (κ2) is 9.12. The number of morpholine rings is 1. The van der Waals surface area contributed by atoms with Gasteiger partial charge in [0.05, 0.1) is 34.4 Å². The largest absolute Gasteiger partial charge is 0.378 e. The van der Waals surface area contributed by atoms with Crippen LogP contribution in [0.1, 0.15) is 10.4 Å². The summed E-state index contributed by atoms with van der Waals surface area (Å²) in [7, 11) is 0. The molecule has 1 saturated heterocycles. The first-order valence-electron chi connectivity index (χ1n) is 8.53. The summed E-state index contributed by atoms with van der Waals surface area (Å²) < 4.78 is 18.6. The topological polar surface area (TPSA) is 96.7 Å².